The molecule has 0 aliphatic rings. The average molecular weight is 329 g/mol. The number of hydrogen-bond donors (Lipinski definition) is 1. The topological polar surface area (TPSA) is 94.4 Å². The van der Waals surface area contributed by atoms with E-state index in [2.05, 4.69) is 15.0 Å². The SMILES string of the molecule is COC(=O)Cc1ccc(Nc2nc(C)cc(C)c2[N+](=O)[O-])cc1C. The Morgan fingerprint density at radius 3 is 2.54 bits per heavy atom. The molecular weight excluding hydrogens is 310 g/mol. The number of pyridine rings is 1. The second kappa shape index (κ2) is 7.08. The number of benzene rings is 1. The lowest BCUT2D eigenvalue weighted by Gasteiger charge is -2.11. The van der Waals surface area contributed by atoms with E-state index in [0.29, 0.717) is 16.9 Å². The van der Waals surface area contributed by atoms with Gasteiger partial charge in [-0.2, -0.15) is 0 Å². The molecule has 0 atom stereocenters. The van der Waals surface area contributed by atoms with Crippen LogP contribution in [0, 0.1) is 30.9 Å². The van der Waals surface area contributed by atoms with Crippen molar-refractivity contribution in [2.75, 3.05) is 12.4 Å². The van der Waals surface area contributed by atoms with Crippen molar-refractivity contribution >= 4 is 23.2 Å². The number of carbonyl (C=O) groups is 1. The second-order valence-corrected chi connectivity index (χ2v) is 5.55. The van der Waals surface area contributed by atoms with Gasteiger partial charge < -0.3 is 10.1 Å². The number of ether oxygens (including phenoxy) is 1. The van der Waals surface area contributed by atoms with Crippen LogP contribution in [0.15, 0.2) is 24.3 Å². The van der Waals surface area contributed by atoms with Crippen molar-refractivity contribution in [3.63, 3.8) is 0 Å². The van der Waals surface area contributed by atoms with Gasteiger partial charge >= 0.3 is 11.7 Å². The van der Waals surface area contributed by atoms with Crippen molar-refractivity contribution in [1.82, 2.24) is 4.98 Å². The van der Waals surface area contributed by atoms with E-state index in [1.807, 2.05) is 13.0 Å². The van der Waals surface area contributed by atoms with Crippen LogP contribution in [0.1, 0.15) is 22.4 Å². The molecule has 0 aliphatic carbocycles. The summed E-state index contributed by atoms with van der Waals surface area (Å²) in [4.78, 5) is 26.5. The minimum atomic E-state index is -0.442. The number of esters is 1. The molecule has 0 bridgehead atoms. The highest BCUT2D eigenvalue weighted by molar-refractivity contribution is 5.74. The third-order valence-corrected chi connectivity index (χ3v) is 3.66. The maximum atomic E-state index is 11.4. The number of aryl methyl sites for hydroxylation is 3. The fourth-order valence-electron chi connectivity index (χ4n) is 2.48. The van der Waals surface area contributed by atoms with Crippen LogP contribution < -0.4 is 5.32 Å². The minimum absolute atomic E-state index is 0.0445. The van der Waals surface area contributed by atoms with Crippen molar-refractivity contribution in [3.8, 4) is 0 Å². The van der Waals surface area contributed by atoms with Gasteiger partial charge in [0.2, 0.25) is 5.82 Å². The summed E-state index contributed by atoms with van der Waals surface area (Å²) < 4.78 is 4.66. The van der Waals surface area contributed by atoms with Crippen LogP contribution in [0.3, 0.4) is 0 Å². The fraction of sp³-hybridized carbons (Fsp3) is 0.294. The molecule has 0 amide bonds. The van der Waals surface area contributed by atoms with Gasteiger partial charge in [-0.15, -0.1) is 0 Å². The van der Waals surface area contributed by atoms with Crippen LogP contribution in [0.25, 0.3) is 0 Å². The summed E-state index contributed by atoms with van der Waals surface area (Å²) in [5.41, 5.74) is 3.60. The molecule has 2 rings (SSSR count). The molecule has 1 N–H and O–H groups in total. The van der Waals surface area contributed by atoms with Crippen molar-refractivity contribution in [2.45, 2.75) is 27.2 Å². The maximum Gasteiger partial charge on any atom is 0.314 e. The predicted octanol–water partition coefficient (Wildman–Crippen LogP) is 3.37. The fourth-order valence-corrected chi connectivity index (χ4v) is 2.48. The highest BCUT2D eigenvalue weighted by atomic mass is 16.6. The zero-order valence-corrected chi connectivity index (χ0v) is 14.0. The first kappa shape index (κ1) is 17.4. The molecule has 0 aliphatic heterocycles. The van der Waals surface area contributed by atoms with E-state index in [9.17, 15) is 14.9 Å². The van der Waals surface area contributed by atoms with Crippen LogP contribution in [-0.2, 0) is 16.0 Å². The van der Waals surface area contributed by atoms with Gasteiger partial charge in [0.05, 0.1) is 18.5 Å². The van der Waals surface area contributed by atoms with Gasteiger partial charge in [0, 0.05) is 16.9 Å². The van der Waals surface area contributed by atoms with Crippen LogP contribution in [0.5, 0.6) is 0 Å². The van der Waals surface area contributed by atoms with Gasteiger partial charge in [0.1, 0.15) is 0 Å². The summed E-state index contributed by atoms with van der Waals surface area (Å²) in [7, 11) is 1.35. The highest BCUT2D eigenvalue weighted by Crippen LogP contribution is 2.30. The van der Waals surface area contributed by atoms with Gasteiger partial charge in [0.25, 0.3) is 0 Å². The molecule has 0 saturated carbocycles. The molecule has 7 nitrogen and oxygen atoms in total. The number of nitro groups is 1. The van der Waals surface area contributed by atoms with Gasteiger partial charge in [-0.25, -0.2) is 4.98 Å². The molecule has 0 radical (unpaired) electrons. The van der Waals surface area contributed by atoms with Gasteiger partial charge in [0.15, 0.2) is 0 Å². The first-order chi connectivity index (χ1) is 11.3. The molecule has 1 aromatic heterocycles. The Morgan fingerprint density at radius 1 is 1.25 bits per heavy atom. The van der Waals surface area contributed by atoms with E-state index in [0.717, 1.165) is 11.1 Å². The number of methoxy groups -OCH3 is 1. The Morgan fingerprint density at radius 2 is 1.96 bits per heavy atom. The third kappa shape index (κ3) is 3.87. The Bertz CT molecular complexity index is 803. The van der Waals surface area contributed by atoms with Crippen LogP contribution in [0.2, 0.25) is 0 Å². The standard InChI is InChI=1S/C17H19N3O4/c1-10-8-14(6-5-13(10)9-15(21)24-4)19-17-16(20(22)23)11(2)7-12(3)18-17/h5-8H,9H2,1-4H3,(H,18,19). The number of nitrogens with one attached hydrogen (secondary N) is 1. The normalized spacial score (nSPS) is 10.3. The summed E-state index contributed by atoms with van der Waals surface area (Å²) in [5.74, 6) is -0.108. The zero-order chi connectivity index (χ0) is 17.9. The first-order valence-electron chi connectivity index (χ1n) is 7.37. The second-order valence-electron chi connectivity index (χ2n) is 5.55. The average Bonchev–Trinajstić information content (AvgIpc) is 2.48. The van der Waals surface area contributed by atoms with E-state index in [4.69, 9.17) is 0 Å². The van der Waals surface area contributed by atoms with E-state index < -0.39 is 4.92 Å². The first-order valence-corrected chi connectivity index (χ1v) is 7.37. The number of carbonyl (C=O) groups excluding carboxylic acids is 1. The molecule has 0 saturated heterocycles. The predicted molar refractivity (Wildman–Crippen MR) is 90.5 cm³/mol. The van der Waals surface area contributed by atoms with E-state index >= 15 is 0 Å². The van der Waals surface area contributed by atoms with Crippen LogP contribution >= 0.6 is 0 Å². The van der Waals surface area contributed by atoms with Crippen molar-refractivity contribution < 1.29 is 14.5 Å². The molecular formula is C17H19N3O4. The summed E-state index contributed by atoms with van der Waals surface area (Å²) in [6.07, 6.45) is 0.185. The summed E-state index contributed by atoms with van der Waals surface area (Å²) in [6.45, 7) is 5.34. The summed E-state index contributed by atoms with van der Waals surface area (Å²) >= 11 is 0. The van der Waals surface area contributed by atoms with Gasteiger partial charge in [-0.3, -0.25) is 14.9 Å². The van der Waals surface area contributed by atoms with E-state index in [1.54, 1.807) is 32.0 Å². The number of anilines is 2. The largest absolute Gasteiger partial charge is 0.469 e. The van der Waals surface area contributed by atoms with Crippen LogP contribution in [-0.4, -0.2) is 23.0 Å². The van der Waals surface area contributed by atoms with Crippen LogP contribution in [0.4, 0.5) is 17.2 Å². The molecule has 24 heavy (non-hydrogen) atoms. The number of nitrogens with zero attached hydrogens (tertiary/aromatic N) is 2. The lowest BCUT2D eigenvalue weighted by Crippen LogP contribution is -2.06. The molecule has 1 aromatic carbocycles. The maximum absolute atomic E-state index is 11.4. The molecule has 126 valence electrons. The number of aromatic nitrogens is 1. The minimum Gasteiger partial charge on any atom is -0.469 e. The van der Waals surface area contributed by atoms with Crippen molar-refractivity contribution in [1.29, 1.82) is 0 Å². The molecule has 0 spiro atoms. The van der Waals surface area contributed by atoms with Crippen molar-refractivity contribution in [2.24, 2.45) is 0 Å². The molecule has 0 fully saturated rings. The van der Waals surface area contributed by atoms with Gasteiger partial charge in [-0.1, -0.05) is 6.07 Å². The number of rotatable bonds is 5. The highest BCUT2D eigenvalue weighted by Gasteiger charge is 2.20. The Kier molecular flexibility index (Phi) is 5.13. The molecule has 1 heterocycles. The van der Waals surface area contributed by atoms with E-state index in [1.165, 1.54) is 7.11 Å². The molecule has 2 aromatic rings. The Labute approximate surface area is 139 Å². The number of hydrogen-bond acceptors (Lipinski definition) is 6. The van der Waals surface area contributed by atoms with Crippen molar-refractivity contribution in [3.05, 3.63) is 56.8 Å². The lowest BCUT2D eigenvalue weighted by molar-refractivity contribution is -0.384. The van der Waals surface area contributed by atoms with Gasteiger partial charge in [-0.05, 0) is 50.1 Å². The summed E-state index contributed by atoms with van der Waals surface area (Å²) in [5, 5.41) is 14.3. The smallest absolute Gasteiger partial charge is 0.314 e. The monoisotopic (exact) mass is 329 g/mol. The Balaban J connectivity index is 2.34. The molecule has 0 unspecified atom stereocenters. The summed E-state index contributed by atoms with van der Waals surface area (Å²) in [6, 6.07) is 7.05. The zero-order valence-electron chi connectivity index (χ0n) is 14.0. The Hall–Kier alpha value is -2.96. The van der Waals surface area contributed by atoms with E-state index in [-0.39, 0.29) is 23.9 Å². The lowest BCUT2D eigenvalue weighted by atomic mass is 10.0. The quantitative estimate of drug-likeness (QED) is 0.513. The molecule has 7 heteroatoms. The third-order valence-electron chi connectivity index (χ3n) is 3.66.